The van der Waals surface area contributed by atoms with E-state index < -0.39 is 0 Å². The minimum Gasteiger partial charge on any atom is -0.396 e. The molecule has 0 aliphatic carbocycles. The third-order valence-electron chi connectivity index (χ3n) is 6.56. The molecule has 2 aromatic heterocycles. The van der Waals surface area contributed by atoms with E-state index in [1.54, 1.807) is 0 Å². The molecule has 4 aromatic rings. The van der Waals surface area contributed by atoms with Crippen LogP contribution in [0.2, 0.25) is 0 Å². The van der Waals surface area contributed by atoms with E-state index in [-0.39, 0.29) is 18.7 Å². The van der Waals surface area contributed by atoms with E-state index in [1.807, 2.05) is 12.4 Å². The van der Waals surface area contributed by atoms with Gasteiger partial charge in [-0.25, -0.2) is 4.98 Å². The van der Waals surface area contributed by atoms with Crippen molar-refractivity contribution in [3.05, 3.63) is 66.5 Å². The van der Waals surface area contributed by atoms with Crippen molar-refractivity contribution in [3.8, 4) is 11.1 Å². The number of aliphatic hydroxyl groups excluding tert-OH is 1. The third kappa shape index (κ3) is 4.99. The zero-order chi connectivity index (χ0) is 24.2. The molecule has 0 unspecified atom stereocenters. The number of fused-ring (bicyclic) bond motifs is 1. The molecule has 35 heavy (non-hydrogen) atoms. The van der Waals surface area contributed by atoms with Gasteiger partial charge in [0.25, 0.3) is 0 Å². The quantitative estimate of drug-likeness (QED) is 0.360. The highest BCUT2D eigenvalue weighted by Gasteiger charge is 2.26. The van der Waals surface area contributed by atoms with Crippen molar-refractivity contribution in [2.45, 2.75) is 38.9 Å². The molecule has 8 heteroatoms. The normalized spacial score (nSPS) is 16.2. The monoisotopic (exact) mass is 471 g/mol. The Bertz CT molecular complexity index is 1250. The summed E-state index contributed by atoms with van der Waals surface area (Å²) in [4.78, 5) is 16.7. The average Bonchev–Trinajstić information content (AvgIpc) is 3.33. The minimum absolute atomic E-state index is 0.138. The first-order valence-electron chi connectivity index (χ1n) is 12.3. The van der Waals surface area contributed by atoms with E-state index in [4.69, 9.17) is 9.97 Å². The summed E-state index contributed by atoms with van der Waals surface area (Å²) in [7, 11) is 0. The molecular weight excluding hydrogens is 438 g/mol. The lowest BCUT2D eigenvalue weighted by Crippen LogP contribution is -2.52. The van der Waals surface area contributed by atoms with Gasteiger partial charge in [-0.3, -0.25) is 0 Å². The molecule has 182 valence electrons. The van der Waals surface area contributed by atoms with Crippen molar-refractivity contribution in [1.29, 1.82) is 0 Å². The van der Waals surface area contributed by atoms with Crippen LogP contribution in [0.4, 0.5) is 11.8 Å². The van der Waals surface area contributed by atoms with Gasteiger partial charge in [0, 0.05) is 44.9 Å². The Kier molecular flexibility index (Phi) is 6.92. The molecular formula is C27H33N7O. The van der Waals surface area contributed by atoms with Gasteiger partial charge < -0.3 is 25.2 Å². The molecule has 1 fully saturated rings. The Morgan fingerprint density at radius 3 is 2.57 bits per heavy atom. The van der Waals surface area contributed by atoms with E-state index in [9.17, 15) is 5.11 Å². The third-order valence-corrected chi connectivity index (χ3v) is 6.56. The predicted molar refractivity (Wildman–Crippen MR) is 141 cm³/mol. The minimum atomic E-state index is 0.138. The Morgan fingerprint density at radius 1 is 1.06 bits per heavy atom. The summed E-state index contributed by atoms with van der Waals surface area (Å²) >= 11 is 0. The second-order valence-corrected chi connectivity index (χ2v) is 9.27. The van der Waals surface area contributed by atoms with Crippen LogP contribution in [0.3, 0.4) is 0 Å². The molecule has 0 bridgehead atoms. The van der Waals surface area contributed by atoms with Crippen molar-refractivity contribution in [1.82, 2.24) is 24.8 Å². The summed E-state index contributed by atoms with van der Waals surface area (Å²) < 4.78 is 2.09. The number of hydrogen-bond donors (Lipinski definition) is 3. The maximum atomic E-state index is 9.57. The lowest BCUT2D eigenvalue weighted by Gasteiger charge is -2.36. The number of piperazine rings is 1. The SMILES string of the molecule is CC(C)n1cnc2c(NCc3ccc(-c4ccccc4)cc3)nc(N3CCNC[C@@H]3CCO)nc21. The van der Waals surface area contributed by atoms with Crippen molar-refractivity contribution in [3.63, 3.8) is 0 Å². The number of hydrogen-bond acceptors (Lipinski definition) is 7. The summed E-state index contributed by atoms with van der Waals surface area (Å²) in [6, 6.07) is 19.4. The number of imidazole rings is 1. The summed E-state index contributed by atoms with van der Waals surface area (Å²) in [5.74, 6) is 1.42. The fourth-order valence-electron chi connectivity index (χ4n) is 4.60. The second kappa shape index (κ2) is 10.4. The van der Waals surface area contributed by atoms with Crippen LogP contribution in [0.1, 0.15) is 31.9 Å². The standard InChI is InChI=1S/C27H33N7O/c1-19(2)34-18-30-24-25(29-16-20-8-10-22(11-9-20)21-6-4-3-5-7-21)31-27(32-26(24)34)33-14-13-28-17-23(33)12-15-35/h3-11,18-19,23,28,35H,12-17H2,1-2H3,(H,29,31,32)/t23-/m0/s1. The lowest BCUT2D eigenvalue weighted by atomic mass is 10.0. The fraction of sp³-hybridized carbons (Fsp3) is 0.370. The number of anilines is 2. The van der Waals surface area contributed by atoms with Crippen molar-refractivity contribution in [2.75, 3.05) is 36.5 Å². The molecule has 1 aliphatic heterocycles. The first-order chi connectivity index (χ1) is 17.1. The summed E-state index contributed by atoms with van der Waals surface area (Å²) in [5, 5.41) is 16.5. The van der Waals surface area contributed by atoms with Gasteiger partial charge >= 0.3 is 0 Å². The lowest BCUT2D eigenvalue weighted by molar-refractivity contribution is 0.265. The number of aromatic nitrogens is 4. The van der Waals surface area contributed by atoms with Crippen LogP contribution in [-0.2, 0) is 6.54 Å². The fourth-order valence-corrected chi connectivity index (χ4v) is 4.60. The molecule has 1 saturated heterocycles. The van der Waals surface area contributed by atoms with Crippen LogP contribution < -0.4 is 15.5 Å². The van der Waals surface area contributed by atoms with Gasteiger partial charge in [-0.05, 0) is 37.0 Å². The molecule has 2 aromatic carbocycles. The van der Waals surface area contributed by atoms with E-state index in [0.29, 0.717) is 18.9 Å². The number of benzene rings is 2. The van der Waals surface area contributed by atoms with Gasteiger partial charge in [-0.2, -0.15) is 9.97 Å². The molecule has 0 amide bonds. The Morgan fingerprint density at radius 2 is 1.83 bits per heavy atom. The summed E-state index contributed by atoms with van der Waals surface area (Å²) in [6.07, 6.45) is 2.52. The number of rotatable bonds is 8. The van der Waals surface area contributed by atoms with E-state index in [2.05, 4.69) is 87.5 Å². The highest BCUT2D eigenvalue weighted by Crippen LogP contribution is 2.27. The molecule has 0 radical (unpaired) electrons. The smallest absolute Gasteiger partial charge is 0.229 e. The molecule has 1 atom stereocenters. The molecule has 3 N–H and O–H groups in total. The highest BCUT2D eigenvalue weighted by molar-refractivity contribution is 5.84. The van der Waals surface area contributed by atoms with Gasteiger partial charge in [0.2, 0.25) is 5.95 Å². The Labute approximate surface area is 206 Å². The predicted octanol–water partition coefficient (Wildman–Crippen LogP) is 3.85. The van der Waals surface area contributed by atoms with Crippen molar-refractivity contribution in [2.24, 2.45) is 0 Å². The van der Waals surface area contributed by atoms with E-state index in [1.165, 1.54) is 16.7 Å². The number of aliphatic hydroxyl groups is 1. The van der Waals surface area contributed by atoms with Crippen molar-refractivity contribution >= 4 is 22.9 Å². The van der Waals surface area contributed by atoms with Crippen LogP contribution in [0.5, 0.6) is 0 Å². The molecule has 0 saturated carbocycles. The molecule has 3 heterocycles. The van der Waals surface area contributed by atoms with Crippen molar-refractivity contribution < 1.29 is 5.11 Å². The topological polar surface area (TPSA) is 91.1 Å². The maximum Gasteiger partial charge on any atom is 0.229 e. The molecule has 1 aliphatic rings. The average molecular weight is 472 g/mol. The highest BCUT2D eigenvalue weighted by atomic mass is 16.3. The van der Waals surface area contributed by atoms with Crippen LogP contribution in [-0.4, -0.2) is 56.9 Å². The molecule has 8 nitrogen and oxygen atoms in total. The second-order valence-electron chi connectivity index (χ2n) is 9.27. The van der Waals surface area contributed by atoms with Gasteiger partial charge in [0.1, 0.15) is 0 Å². The first kappa shape index (κ1) is 23.3. The number of nitrogens with zero attached hydrogens (tertiary/aromatic N) is 5. The van der Waals surface area contributed by atoms with Gasteiger partial charge in [0.15, 0.2) is 17.0 Å². The van der Waals surface area contributed by atoms with E-state index >= 15 is 0 Å². The van der Waals surface area contributed by atoms with Gasteiger partial charge in [0.05, 0.1) is 6.33 Å². The van der Waals surface area contributed by atoms with Gasteiger partial charge in [-0.15, -0.1) is 0 Å². The number of nitrogens with one attached hydrogen (secondary N) is 2. The summed E-state index contributed by atoms with van der Waals surface area (Å²) in [6.45, 7) is 7.50. The van der Waals surface area contributed by atoms with Crippen LogP contribution in [0.15, 0.2) is 60.9 Å². The van der Waals surface area contributed by atoms with Crippen LogP contribution in [0, 0.1) is 0 Å². The maximum absolute atomic E-state index is 9.57. The zero-order valence-electron chi connectivity index (χ0n) is 20.4. The first-order valence-corrected chi connectivity index (χ1v) is 12.3. The van der Waals surface area contributed by atoms with Crippen LogP contribution in [0.25, 0.3) is 22.3 Å². The zero-order valence-corrected chi connectivity index (χ0v) is 20.4. The largest absolute Gasteiger partial charge is 0.396 e. The molecule has 0 spiro atoms. The Balaban J connectivity index is 1.43. The Hall–Kier alpha value is -3.49. The molecule has 5 rings (SSSR count). The van der Waals surface area contributed by atoms with Crippen LogP contribution >= 0.6 is 0 Å². The van der Waals surface area contributed by atoms with E-state index in [0.717, 1.165) is 36.6 Å². The van der Waals surface area contributed by atoms with Gasteiger partial charge in [-0.1, -0.05) is 54.6 Å². The summed E-state index contributed by atoms with van der Waals surface area (Å²) in [5.41, 5.74) is 5.18.